The zero-order chi connectivity index (χ0) is 12.7. The maximum Gasteiger partial charge on any atom is 0.166 e. The Bertz CT molecular complexity index is 349. The van der Waals surface area contributed by atoms with Crippen molar-refractivity contribution < 1.29 is 14.3 Å². The molecule has 96 valence electrons. The fraction of sp³-hybridized carbons (Fsp3) is 0.727. The Morgan fingerprint density at radius 3 is 2.88 bits per heavy atom. The molecule has 0 unspecified atom stereocenters. The van der Waals surface area contributed by atoms with Gasteiger partial charge in [0.05, 0.1) is 19.6 Å². The predicted octanol–water partition coefficient (Wildman–Crippen LogP) is 0.634. The summed E-state index contributed by atoms with van der Waals surface area (Å²) in [5.74, 6) is 0.677. The minimum Gasteiger partial charge on any atom is -0.382 e. The third kappa shape index (κ3) is 4.62. The van der Waals surface area contributed by atoms with E-state index in [1.807, 2.05) is 13.8 Å². The Morgan fingerprint density at radius 1 is 1.47 bits per heavy atom. The molecule has 6 heteroatoms. The van der Waals surface area contributed by atoms with Crippen LogP contribution in [0.1, 0.15) is 25.7 Å². The van der Waals surface area contributed by atoms with Gasteiger partial charge in [-0.2, -0.15) is 5.10 Å². The third-order valence-corrected chi connectivity index (χ3v) is 2.19. The summed E-state index contributed by atoms with van der Waals surface area (Å²) in [6, 6.07) is 0.203. The fourth-order valence-electron chi connectivity index (χ4n) is 1.39. The van der Waals surface area contributed by atoms with Crippen LogP contribution in [0.4, 0.5) is 0 Å². The second kappa shape index (κ2) is 7.13. The van der Waals surface area contributed by atoms with Crippen molar-refractivity contribution in [2.75, 3.05) is 26.9 Å². The Hall–Kier alpha value is -1.27. The van der Waals surface area contributed by atoms with Crippen molar-refractivity contribution in [1.82, 2.24) is 14.8 Å². The van der Waals surface area contributed by atoms with Crippen LogP contribution < -0.4 is 0 Å². The molecule has 0 aliphatic rings. The van der Waals surface area contributed by atoms with Crippen LogP contribution in [0.2, 0.25) is 0 Å². The quantitative estimate of drug-likeness (QED) is 0.625. The molecule has 0 saturated heterocycles. The van der Waals surface area contributed by atoms with E-state index in [0.29, 0.717) is 19.0 Å². The highest BCUT2D eigenvalue weighted by Gasteiger charge is 2.12. The lowest BCUT2D eigenvalue weighted by Gasteiger charge is -2.08. The maximum absolute atomic E-state index is 11.6. The number of hydrogen-bond acceptors (Lipinski definition) is 5. The monoisotopic (exact) mass is 241 g/mol. The van der Waals surface area contributed by atoms with Gasteiger partial charge in [0.1, 0.15) is 18.8 Å². The van der Waals surface area contributed by atoms with E-state index in [4.69, 9.17) is 9.47 Å². The number of aromatic nitrogens is 3. The third-order valence-electron chi connectivity index (χ3n) is 2.19. The zero-order valence-electron chi connectivity index (χ0n) is 10.5. The van der Waals surface area contributed by atoms with Gasteiger partial charge in [0.2, 0.25) is 0 Å². The number of rotatable bonds is 8. The molecule has 1 aromatic rings. The molecule has 1 aromatic heterocycles. The summed E-state index contributed by atoms with van der Waals surface area (Å²) < 4.78 is 11.7. The van der Waals surface area contributed by atoms with Gasteiger partial charge in [-0.25, -0.2) is 9.67 Å². The van der Waals surface area contributed by atoms with Gasteiger partial charge in [0.15, 0.2) is 5.78 Å². The molecule has 6 nitrogen and oxygen atoms in total. The molecule has 0 N–H and O–H groups in total. The summed E-state index contributed by atoms with van der Waals surface area (Å²) >= 11 is 0. The number of carbonyl (C=O) groups excluding carboxylic acids is 1. The average Bonchev–Trinajstić information content (AvgIpc) is 2.72. The Kier molecular flexibility index (Phi) is 5.79. The van der Waals surface area contributed by atoms with Gasteiger partial charge in [0, 0.05) is 13.2 Å². The molecule has 0 atom stereocenters. The lowest BCUT2D eigenvalue weighted by atomic mass is 10.2. The number of nitrogens with zero attached hydrogens (tertiary/aromatic N) is 3. The summed E-state index contributed by atoms with van der Waals surface area (Å²) in [6.07, 6.45) is 1.72. The van der Waals surface area contributed by atoms with Gasteiger partial charge < -0.3 is 9.47 Å². The molecule has 0 saturated carbocycles. The topological polar surface area (TPSA) is 66.2 Å². The summed E-state index contributed by atoms with van der Waals surface area (Å²) in [6.45, 7) is 5.01. The first-order valence-electron chi connectivity index (χ1n) is 5.62. The second-order valence-corrected chi connectivity index (χ2v) is 3.98. The van der Waals surface area contributed by atoms with E-state index in [2.05, 4.69) is 10.1 Å². The Labute approximate surface area is 101 Å². The van der Waals surface area contributed by atoms with E-state index in [0.717, 1.165) is 0 Å². The van der Waals surface area contributed by atoms with Gasteiger partial charge in [-0.05, 0) is 13.8 Å². The molecule has 17 heavy (non-hydrogen) atoms. The van der Waals surface area contributed by atoms with Crippen LogP contribution in [-0.4, -0.2) is 47.5 Å². The second-order valence-electron chi connectivity index (χ2n) is 3.98. The molecule has 0 spiro atoms. The van der Waals surface area contributed by atoms with E-state index in [1.54, 1.807) is 11.8 Å². The lowest BCUT2D eigenvalue weighted by Crippen LogP contribution is -2.17. The number of ether oxygens (including phenoxy) is 2. The van der Waals surface area contributed by atoms with Crippen LogP contribution in [0, 0.1) is 0 Å². The minimum absolute atomic E-state index is 0.00370. The number of ketones is 1. The first-order valence-corrected chi connectivity index (χ1v) is 5.62. The van der Waals surface area contributed by atoms with Crippen LogP contribution in [0.25, 0.3) is 0 Å². The number of hydrogen-bond donors (Lipinski definition) is 0. The first-order chi connectivity index (χ1) is 8.15. The smallest absolute Gasteiger partial charge is 0.166 e. The average molecular weight is 241 g/mol. The molecule has 0 fully saturated rings. The molecule has 0 radical (unpaired) electrons. The minimum atomic E-state index is -0.00370. The van der Waals surface area contributed by atoms with Crippen molar-refractivity contribution in [3.63, 3.8) is 0 Å². The van der Waals surface area contributed by atoms with Crippen molar-refractivity contribution in [2.24, 2.45) is 0 Å². The molecule has 0 aliphatic carbocycles. The number of carbonyl (C=O) groups is 1. The van der Waals surface area contributed by atoms with E-state index in [9.17, 15) is 4.79 Å². The lowest BCUT2D eigenvalue weighted by molar-refractivity contribution is -0.123. The molecular formula is C11H19N3O3. The molecule has 1 heterocycles. The van der Waals surface area contributed by atoms with Crippen molar-refractivity contribution >= 4 is 5.78 Å². The zero-order valence-corrected chi connectivity index (χ0v) is 10.5. The fourth-order valence-corrected chi connectivity index (χ4v) is 1.39. The first kappa shape index (κ1) is 13.8. The van der Waals surface area contributed by atoms with Gasteiger partial charge in [0.25, 0.3) is 0 Å². The van der Waals surface area contributed by atoms with Gasteiger partial charge in [-0.1, -0.05) is 0 Å². The van der Waals surface area contributed by atoms with E-state index in [-0.39, 0.29) is 24.9 Å². The molecule has 1 rings (SSSR count). The van der Waals surface area contributed by atoms with Crippen molar-refractivity contribution in [3.05, 3.63) is 12.2 Å². The summed E-state index contributed by atoms with van der Waals surface area (Å²) in [5, 5.41) is 4.07. The summed E-state index contributed by atoms with van der Waals surface area (Å²) in [7, 11) is 1.59. The standard InChI is InChI=1S/C11H19N3O3/c1-9(2)14-11(12-8-13-14)6-10(15)7-17-5-4-16-3/h8-9H,4-7H2,1-3H3. The van der Waals surface area contributed by atoms with Gasteiger partial charge >= 0.3 is 0 Å². The SMILES string of the molecule is COCCOCC(=O)Cc1ncnn1C(C)C. The predicted molar refractivity (Wildman–Crippen MR) is 61.8 cm³/mol. The largest absolute Gasteiger partial charge is 0.382 e. The molecular weight excluding hydrogens is 222 g/mol. The Morgan fingerprint density at radius 2 is 2.24 bits per heavy atom. The molecule has 0 aliphatic heterocycles. The molecule has 0 bridgehead atoms. The highest BCUT2D eigenvalue weighted by molar-refractivity contribution is 5.81. The highest BCUT2D eigenvalue weighted by Crippen LogP contribution is 2.05. The van der Waals surface area contributed by atoms with Gasteiger partial charge in [-0.3, -0.25) is 4.79 Å². The Balaban J connectivity index is 2.37. The van der Waals surface area contributed by atoms with Crippen molar-refractivity contribution in [1.29, 1.82) is 0 Å². The normalized spacial score (nSPS) is 11.1. The highest BCUT2D eigenvalue weighted by atomic mass is 16.5. The summed E-state index contributed by atoms with van der Waals surface area (Å²) in [5.41, 5.74) is 0. The summed E-state index contributed by atoms with van der Waals surface area (Å²) in [4.78, 5) is 15.7. The van der Waals surface area contributed by atoms with Crippen molar-refractivity contribution in [2.45, 2.75) is 26.3 Å². The van der Waals surface area contributed by atoms with Gasteiger partial charge in [-0.15, -0.1) is 0 Å². The van der Waals surface area contributed by atoms with E-state index < -0.39 is 0 Å². The van der Waals surface area contributed by atoms with Crippen LogP contribution in [0.15, 0.2) is 6.33 Å². The van der Waals surface area contributed by atoms with Crippen LogP contribution >= 0.6 is 0 Å². The van der Waals surface area contributed by atoms with Crippen LogP contribution in [0.3, 0.4) is 0 Å². The molecule has 0 amide bonds. The molecule has 0 aromatic carbocycles. The van der Waals surface area contributed by atoms with Crippen LogP contribution in [0.5, 0.6) is 0 Å². The number of Topliss-reactive ketones (excluding diaryl/α,β-unsaturated/α-hetero) is 1. The van der Waals surface area contributed by atoms with Crippen molar-refractivity contribution in [3.8, 4) is 0 Å². The van der Waals surface area contributed by atoms with E-state index in [1.165, 1.54) is 6.33 Å². The number of methoxy groups -OCH3 is 1. The van der Waals surface area contributed by atoms with E-state index >= 15 is 0 Å². The maximum atomic E-state index is 11.6. The van der Waals surface area contributed by atoms with Crippen LogP contribution in [-0.2, 0) is 20.7 Å².